The van der Waals surface area contributed by atoms with Crippen LogP contribution in [0.2, 0.25) is 5.02 Å². The predicted octanol–water partition coefficient (Wildman–Crippen LogP) is 3.97. The van der Waals surface area contributed by atoms with E-state index in [0.29, 0.717) is 74.9 Å². The molecule has 0 bridgehead atoms. The molecule has 3 amide bonds. The molecule has 0 aliphatic carbocycles. The first-order chi connectivity index (χ1) is 20.8. The number of benzene rings is 2. The quantitative estimate of drug-likeness (QED) is 0.428. The Labute approximate surface area is 258 Å². The zero-order valence-corrected chi connectivity index (χ0v) is 25.4. The number of methoxy groups -OCH3 is 1. The van der Waals surface area contributed by atoms with Crippen molar-refractivity contribution in [3.8, 4) is 5.75 Å². The summed E-state index contributed by atoms with van der Waals surface area (Å²) in [6, 6.07) is 14.2. The maximum atomic E-state index is 13.8. The molecule has 2 saturated heterocycles. The predicted molar refractivity (Wildman–Crippen MR) is 166 cm³/mol. The number of carbonyl (C=O) groups is 3. The number of fused-ring (bicyclic) bond motifs is 1. The molecule has 1 spiro atoms. The Kier molecular flexibility index (Phi) is 10.4. The van der Waals surface area contributed by atoms with Gasteiger partial charge in [-0.3, -0.25) is 19.3 Å². The molecule has 3 heterocycles. The van der Waals surface area contributed by atoms with Crippen LogP contribution >= 0.6 is 11.6 Å². The molecular weight excluding hydrogens is 568 g/mol. The minimum Gasteiger partial charge on any atom is -0.495 e. The Morgan fingerprint density at radius 1 is 1.12 bits per heavy atom. The molecule has 0 saturated carbocycles. The van der Waals surface area contributed by atoms with Crippen molar-refractivity contribution in [2.75, 3.05) is 45.3 Å². The van der Waals surface area contributed by atoms with Gasteiger partial charge < -0.3 is 25.4 Å². The number of nitrogens with zero attached hydrogens (tertiary/aromatic N) is 1. The number of halogens is 1. The van der Waals surface area contributed by atoms with Gasteiger partial charge in [-0.2, -0.15) is 0 Å². The maximum absolute atomic E-state index is 13.8. The summed E-state index contributed by atoms with van der Waals surface area (Å²) in [5.74, 6) is 0.302. The van der Waals surface area contributed by atoms with Crippen LogP contribution in [-0.2, 0) is 25.5 Å². The number of anilines is 1. The van der Waals surface area contributed by atoms with Crippen molar-refractivity contribution in [2.24, 2.45) is 11.3 Å². The number of hydrogen-bond donors (Lipinski definition) is 3. The number of allylic oxidation sites excluding steroid dienone is 2. The fourth-order valence-corrected chi connectivity index (χ4v) is 6.61. The second-order valence-corrected chi connectivity index (χ2v) is 12.2. The first-order valence-corrected chi connectivity index (χ1v) is 15.5. The molecule has 2 fully saturated rings. The molecular formula is C33H41ClN4O5. The molecule has 3 atom stereocenters. The highest BCUT2D eigenvalue weighted by atomic mass is 35.5. The Morgan fingerprint density at radius 3 is 2.65 bits per heavy atom. The van der Waals surface area contributed by atoms with Crippen molar-refractivity contribution in [1.82, 2.24) is 15.5 Å². The average Bonchev–Trinajstić information content (AvgIpc) is 3.00. The number of ether oxygens (including phenoxy) is 2. The molecule has 10 heteroatoms. The van der Waals surface area contributed by atoms with Crippen LogP contribution in [0.4, 0.5) is 5.69 Å². The first-order valence-electron chi connectivity index (χ1n) is 15.1. The van der Waals surface area contributed by atoms with Gasteiger partial charge >= 0.3 is 0 Å². The average molecular weight is 609 g/mol. The Hall–Kier alpha value is -3.40. The lowest BCUT2D eigenvalue weighted by atomic mass is 9.75. The van der Waals surface area contributed by atoms with Crippen molar-refractivity contribution >= 4 is 35.0 Å². The van der Waals surface area contributed by atoms with Crippen molar-refractivity contribution in [3.05, 3.63) is 71.3 Å². The van der Waals surface area contributed by atoms with Gasteiger partial charge in [-0.1, -0.05) is 54.1 Å². The van der Waals surface area contributed by atoms with Gasteiger partial charge in [0.2, 0.25) is 17.7 Å². The smallest absolute Gasteiger partial charge is 0.243 e. The summed E-state index contributed by atoms with van der Waals surface area (Å²) in [4.78, 5) is 42.6. The second-order valence-electron chi connectivity index (χ2n) is 11.8. The zero-order valence-electron chi connectivity index (χ0n) is 24.7. The summed E-state index contributed by atoms with van der Waals surface area (Å²) in [7, 11) is 1.55. The van der Waals surface area contributed by atoms with Crippen LogP contribution in [-0.4, -0.2) is 74.7 Å². The van der Waals surface area contributed by atoms with Gasteiger partial charge in [0.15, 0.2) is 0 Å². The van der Waals surface area contributed by atoms with Crippen molar-refractivity contribution in [2.45, 2.75) is 50.6 Å². The van der Waals surface area contributed by atoms with E-state index in [9.17, 15) is 14.4 Å². The second kappa shape index (κ2) is 14.4. The number of nitrogens with one attached hydrogen (secondary N) is 3. The fourth-order valence-electron chi connectivity index (χ4n) is 6.35. The van der Waals surface area contributed by atoms with Gasteiger partial charge in [0.25, 0.3) is 0 Å². The largest absolute Gasteiger partial charge is 0.495 e. The lowest BCUT2D eigenvalue weighted by Gasteiger charge is -2.40. The van der Waals surface area contributed by atoms with E-state index in [1.54, 1.807) is 25.3 Å². The fraction of sp³-hybridized carbons (Fsp3) is 0.485. The van der Waals surface area contributed by atoms with E-state index in [4.69, 9.17) is 21.1 Å². The van der Waals surface area contributed by atoms with Crippen LogP contribution in [0.1, 0.15) is 37.7 Å². The number of likely N-dealkylation sites (tertiary alicyclic amines) is 1. The van der Waals surface area contributed by atoms with Crippen molar-refractivity contribution in [3.63, 3.8) is 0 Å². The lowest BCUT2D eigenvalue weighted by Crippen LogP contribution is -2.58. The molecule has 3 aliphatic heterocycles. The molecule has 5 rings (SSSR count). The SMILES string of the molecule is COc1ccc(NC(=O)CN2CC[C@H]3NC(=O)[C@@H](Cc4ccccc4)NC(=O)C4(CC=CC[C@H]3C2)CCOCC4)cc1Cl. The summed E-state index contributed by atoms with van der Waals surface area (Å²) < 4.78 is 10.8. The van der Waals surface area contributed by atoms with Crippen LogP contribution in [0.3, 0.4) is 0 Å². The monoisotopic (exact) mass is 608 g/mol. The minimum absolute atomic E-state index is 0.0662. The Balaban J connectivity index is 1.30. The molecule has 2 aromatic rings. The number of carbonyl (C=O) groups excluding carboxylic acids is 3. The van der Waals surface area contributed by atoms with E-state index < -0.39 is 11.5 Å². The van der Waals surface area contributed by atoms with Gasteiger partial charge in [0, 0.05) is 44.5 Å². The summed E-state index contributed by atoms with van der Waals surface area (Å²) in [5.41, 5.74) is 1.01. The Bertz CT molecular complexity index is 1310. The molecule has 3 N–H and O–H groups in total. The summed E-state index contributed by atoms with van der Waals surface area (Å²) in [6.07, 6.45) is 7.98. The molecule has 2 aromatic carbocycles. The van der Waals surface area contributed by atoms with Gasteiger partial charge in [0.1, 0.15) is 11.8 Å². The zero-order chi connectivity index (χ0) is 30.2. The third kappa shape index (κ3) is 7.96. The van der Waals surface area contributed by atoms with E-state index in [-0.39, 0.29) is 36.2 Å². The normalized spacial score (nSPS) is 24.6. The number of piperidine rings is 1. The first kappa shape index (κ1) is 31.0. The third-order valence-corrected chi connectivity index (χ3v) is 9.19. The number of hydrogen-bond acceptors (Lipinski definition) is 6. The molecule has 230 valence electrons. The van der Waals surface area contributed by atoms with Crippen molar-refractivity contribution < 1.29 is 23.9 Å². The highest BCUT2D eigenvalue weighted by Gasteiger charge is 2.41. The van der Waals surface area contributed by atoms with Gasteiger partial charge in [-0.25, -0.2) is 0 Å². The summed E-state index contributed by atoms with van der Waals surface area (Å²) in [5, 5.41) is 9.78. The van der Waals surface area contributed by atoms with Crippen LogP contribution in [0.25, 0.3) is 0 Å². The summed E-state index contributed by atoms with van der Waals surface area (Å²) in [6.45, 7) is 2.63. The lowest BCUT2D eigenvalue weighted by molar-refractivity contribution is -0.140. The molecule has 0 aromatic heterocycles. The van der Waals surface area contributed by atoms with Crippen LogP contribution in [0.15, 0.2) is 60.7 Å². The van der Waals surface area contributed by atoms with Gasteiger partial charge in [-0.05, 0) is 61.8 Å². The van der Waals surface area contributed by atoms with E-state index in [1.165, 1.54) is 0 Å². The van der Waals surface area contributed by atoms with Crippen LogP contribution in [0.5, 0.6) is 5.75 Å². The van der Waals surface area contributed by atoms with E-state index in [0.717, 1.165) is 12.0 Å². The number of amides is 3. The third-order valence-electron chi connectivity index (χ3n) is 8.90. The van der Waals surface area contributed by atoms with E-state index in [2.05, 4.69) is 33.0 Å². The standard InChI is InChI=1S/C33H41ClN4O5/c1-42-29-11-10-25(20-26(29)34)35-30(39)22-38-16-12-27-24(21-38)9-5-6-13-33(14-17-43-18-15-33)32(41)37-28(31(40)36-27)19-23-7-3-2-4-8-23/h2-8,10-11,20,24,27-28H,9,12-19,21-22H2,1H3,(H,35,39)(H,36,40)(H,37,41)/t24-,27+,28+/m0/s1. The Morgan fingerprint density at radius 2 is 1.91 bits per heavy atom. The van der Waals surface area contributed by atoms with Gasteiger partial charge in [-0.15, -0.1) is 0 Å². The number of rotatable bonds is 6. The van der Waals surface area contributed by atoms with Crippen LogP contribution in [0, 0.1) is 11.3 Å². The maximum Gasteiger partial charge on any atom is 0.243 e. The molecule has 43 heavy (non-hydrogen) atoms. The van der Waals surface area contributed by atoms with Gasteiger partial charge in [0.05, 0.1) is 24.1 Å². The van der Waals surface area contributed by atoms with Crippen molar-refractivity contribution in [1.29, 1.82) is 0 Å². The molecule has 0 radical (unpaired) electrons. The molecule has 9 nitrogen and oxygen atoms in total. The molecule has 0 unspecified atom stereocenters. The van der Waals surface area contributed by atoms with E-state index >= 15 is 0 Å². The topological polar surface area (TPSA) is 109 Å². The highest BCUT2D eigenvalue weighted by molar-refractivity contribution is 6.32. The molecule has 3 aliphatic rings. The van der Waals surface area contributed by atoms with Crippen LogP contribution < -0.4 is 20.7 Å². The highest BCUT2D eigenvalue weighted by Crippen LogP contribution is 2.36. The minimum atomic E-state index is -0.682. The van der Waals surface area contributed by atoms with E-state index in [1.807, 2.05) is 30.3 Å². The summed E-state index contributed by atoms with van der Waals surface area (Å²) >= 11 is 6.22.